The summed E-state index contributed by atoms with van der Waals surface area (Å²) >= 11 is 1.81. The van der Waals surface area contributed by atoms with Gasteiger partial charge in [-0.05, 0) is 24.9 Å². The lowest BCUT2D eigenvalue weighted by Gasteiger charge is -2.09. The first kappa shape index (κ1) is 15.0. The fraction of sp³-hybridized carbons (Fsp3) is 0.545. The van der Waals surface area contributed by atoms with Gasteiger partial charge in [-0.1, -0.05) is 6.42 Å². The number of hydrazine groups is 1. The number of hydrogen-bond acceptors (Lipinski definition) is 5. The van der Waals surface area contributed by atoms with Crippen LogP contribution < -0.4 is 16.6 Å². The normalized spacial score (nSPS) is 10.4. The van der Waals surface area contributed by atoms with Crippen LogP contribution in [0.5, 0.6) is 0 Å². The molecular weight excluding hydrogens is 258 g/mol. The van der Waals surface area contributed by atoms with Crippen molar-refractivity contribution in [2.24, 2.45) is 5.84 Å². The molecular formula is C11H18F2N4S. The SMILES string of the molecule is CSCCCCCNc1nc(NN)c(F)cc1F. The molecule has 4 nitrogen and oxygen atoms in total. The summed E-state index contributed by atoms with van der Waals surface area (Å²) in [6.07, 6.45) is 5.19. The Morgan fingerprint density at radius 2 is 1.94 bits per heavy atom. The van der Waals surface area contributed by atoms with Crippen molar-refractivity contribution in [2.45, 2.75) is 19.3 Å². The molecule has 1 aromatic heterocycles. The van der Waals surface area contributed by atoms with E-state index in [0.717, 1.165) is 31.1 Å². The molecule has 1 heterocycles. The van der Waals surface area contributed by atoms with Crippen LogP contribution in [0.3, 0.4) is 0 Å². The van der Waals surface area contributed by atoms with Gasteiger partial charge >= 0.3 is 0 Å². The van der Waals surface area contributed by atoms with Crippen molar-refractivity contribution in [2.75, 3.05) is 29.3 Å². The number of unbranched alkanes of at least 4 members (excludes halogenated alkanes) is 2. The molecule has 102 valence electrons. The van der Waals surface area contributed by atoms with E-state index >= 15 is 0 Å². The second kappa shape index (κ2) is 8.10. The number of nitrogen functional groups attached to an aromatic ring is 1. The summed E-state index contributed by atoms with van der Waals surface area (Å²) in [4.78, 5) is 3.72. The van der Waals surface area contributed by atoms with Crippen molar-refractivity contribution in [3.05, 3.63) is 17.7 Å². The minimum atomic E-state index is -0.805. The van der Waals surface area contributed by atoms with Gasteiger partial charge in [0, 0.05) is 12.6 Å². The number of rotatable bonds is 8. The molecule has 0 unspecified atom stereocenters. The maximum atomic E-state index is 13.4. The highest BCUT2D eigenvalue weighted by atomic mass is 32.2. The maximum absolute atomic E-state index is 13.4. The zero-order chi connectivity index (χ0) is 13.4. The topological polar surface area (TPSA) is 63.0 Å². The van der Waals surface area contributed by atoms with Gasteiger partial charge in [-0.3, -0.25) is 0 Å². The van der Waals surface area contributed by atoms with Gasteiger partial charge < -0.3 is 10.7 Å². The molecule has 0 aliphatic heterocycles. The first-order valence-corrected chi connectivity index (χ1v) is 7.14. The van der Waals surface area contributed by atoms with Crippen LogP contribution in [0.4, 0.5) is 20.4 Å². The average Bonchev–Trinajstić information content (AvgIpc) is 2.36. The highest BCUT2D eigenvalue weighted by Gasteiger charge is 2.10. The van der Waals surface area contributed by atoms with Crippen LogP contribution in [0.25, 0.3) is 0 Å². The molecule has 7 heteroatoms. The number of nitrogens with two attached hydrogens (primary N) is 1. The van der Waals surface area contributed by atoms with Crippen LogP contribution in [-0.2, 0) is 0 Å². The molecule has 0 aromatic carbocycles. The molecule has 0 bridgehead atoms. The number of nitrogens with zero attached hydrogens (tertiary/aromatic N) is 1. The molecule has 0 saturated carbocycles. The smallest absolute Gasteiger partial charge is 0.178 e. The number of pyridine rings is 1. The third-order valence-electron chi connectivity index (χ3n) is 2.38. The molecule has 1 aromatic rings. The number of aromatic nitrogens is 1. The third-order valence-corrected chi connectivity index (χ3v) is 3.08. The molecule has 0 radical (unpaired) electrons. The van der Waals surface area contributed by atoms with E-state index < -0.39 is 11.6 Å². The van der Waals surface area contributed by atoms with E-state index in [9.17, 15) is 8.78 Å². The summed E-state index contributed by atoms with van der Waals surface area (Å²) < 4.78 is 26.4. The maximum Gasteiger partial charge on any atom is 0.178 e. The summed E-state index contributed by atoms with van der Waals surface area (Å²) in [7, 11) is 0. The van der Waals surface area contributed by atoms with E-state index in [1.807, 2.05) is 11.8 Å². The van der Waals surface area contributed by atoms with Crippen molar-refractivity contribution < 1.29 is 8.78 Å². The van der Waals surface area contributed by atoms with Gasteiger partial charge in [0.1, 0.15) is 0 Å². The van der Waals surface area contributed by atoms with Crippen molar-refractivity contribution in [3.8, 4) is 0 Å². The fourth-order valence-electron chi connectivity index (χ4n) is 1.45. The number of thioether (sulfide) groups is 1. The molecule has 0 atom stereocenters. The predicted molar refractivity (Wildman–Crippen MR) is 72.7 cm³/mol. The van der Waals surface area contributed by atoms with Crippen LogP contribution in [0.2, 0.25) is 0 Å². The Kier molecular flexibility index (Phi) is 6.74. The molecule has 0 aliphatic rings. The molecule has 0 aliphatic carbocycles. The standard InChI is InChI=1S/C11H18F2N4S/c1-18-6-4-2-3-5-15-10-8(12)7-9(13)11(16-10)17-14/h7H,2-6,14H2,1H3,(H2,15,16,17). The predicted octanol–water partition coefficient (Wildman–Crippen LogP) is 2.59. The van der Waals surface area contributed by atoms with Gasteiger partial charge in [0.2, 0.25) is 0 Å². The van der Waals surface area contributed by atoms with Crippen molar-refractivity contribution >= 4 is 23.4 Å². The Hall–Kier alpha value is -1.08. The van der Waals surface area contributed by atoms with E-state index in [2.05, 4.69) is 22.0 Å². The van der Waals surface area contributed by atoms with E-state index in [1.54, 1.807) is 0 Å². The van der Waals surface area contributed by atoms with Crippen molar-refractivity contribution in [3.63, 3.8) is 0 Å². The first-order chi connectivity index (χ1) is 8.69. The van der Waals surface area contributed by atoms with Gasteiger partial charge in [0.15, 0.2) is 23.3 Å². The van der Waals surface area contributed by atoms with Gasteiger partial charge in [0.05, 0.1) is 0 Å². The summed E-state index contributed by atoms with van der Waals surface area (Å²) in [6.45, 7) is 0.605. The molecule has 4 N–H and O–H groups in total. The number of hydrogen-bond donors (Lipinski definition) is 3. The van der Waals surface area contributed by atoms with Crippen LogP contribution in [0.1, 0.15) is 19.3 Å². The lowest BCUT2D eigenvalue weighted by molar-refractivity contribution is 0.577. The Bertz CT molecular complexity index is 376. The quantitative estimate of drug-likeness (QED) is 0.387. The van der Waals surface area contributed by atoms with Gasteiger partial charge in [-0.25, -0.2) is 19.6 Å². The highest BCUT2D eigenvalue weighted by molar-refractivity contribution is 7.98. The van der Waals surface area contributed by atoms with Crippen molar-refractivity contribution in [1.29, 1.82) is 0 Å². The van der Waals surface area contributed by atoms with E-state index in [4.69, 9.17) is 5.84 Å². The molecule has 18 heavy (non-hydrogen) atoms. The van der Waals surface area contributed by atoms with Crippen molar-refractivity contribution in [1.82, 2.24) is 4.98 Å². The van der Waals surface area contributed by atoms with E-state index in [-0.39, 0.29) is 11.6 Å². The summed E-state index contributed by atoms with van der Waals surface area (Å²) in [6, 6.07) is 0.762. The third kappa shape index (κ3) is 4.66. The first-order valence-electron chi connectivity index (χ1n) is 5.74. The fourth-order valence-corrected chi connectivity index (χ4v) is 1.94. The zero-order valence-electron chi connectivity index (χ0n) is 10.3. The van der Waals surface area contributed by atoms with E-state index in [1.165, 1.54) is 0 Å². The summed E-state index contributed by atoms with van der Waals surface area (Å²) in [5, 5.41) is 2.84. The minimum Gasteiger partial charge on any atom is -0.368 e. The number of halogens is 2. The monoisotopic (exact) mass is 276 g/mol. The minimum absolute atomic E-state index is 0.0224. The Balaban J connectivity index is 2.42. The molecule has 1 rings (SSSR count). The van der Waals surface area contributed by atoms with Crippen LogP contribution in [0.15, 0.2) is 6.07 Å². The highest BCUT2D eigenvalue weighted by Crippen LogP contribution is 2.18. The lowest BCUT2D eigenvalue weighted by atomic mass is 10.2. The average molecular weight is 276 g/mol. The number of nitrogens with one attached hydrogen (secondary N) is 2. The lowest BCUT2D eigenvalue weighted by Crippen LogP contribution is -2.13. The van der Waals surface area contributed by atoms with Gasteiger partial charge in [-0.15, -0.1) is 0 Å². The second-order valence-corrected chi connectivity index (χ2v) is 4.76. The summed E-state index contributed by atoms with van der Waals surface area (Å²) in [5.74, 6) is 4.54. The Labute approximate surface area is 110 Å². The summed E-state index contributed by atoms with van der Waals surface area (Å²) in [5.41, 5.74) is 2.09. The van der Waals surface area contributed by atoms with Gasteiger partial charge in [0.25, 0.3) is 0 Å². The molecule has 0 saturated heterocycles. The number of anilines is 2. The molecule has 0 amide bonds. The van der Waals surface area contributed by atoms with E-state index in [0.29, 0.717) is 6.54 Å². The molecule has 0 fully saturated rings. The Morgan fingerprint density at radius 3 is 2.61 bits per heavy atom. The second-order valence-electron chi connectivity index (χ2n) is 3.77. The van der Waals surface area contributed by atoms with Gasteiger partial charge in [-0.2, -0.15) is 11.8 Å². The Morgan fingerprint density at radius 1 is 1.22 bits per heavy atom. The molecule has 0 spiro atoms. The zero-order valence-corrected chi connectivity index (χ0v) is 11.1. The van der Waals surface area contributed by atoms with Crippen LogP contribution >= 0.6 is 11.8 Å². The largest absolute Gasteiger partial charge is 0.368 e. The van der Waals surface area contributed by atoms with Crippen LogP contribution in [-0.4, -0.2) is 23.5 Å². The van der Waals surface area contributed by atoms with Crippen LogP contribution in [0, 0.1) is 11.6 Å².